The molecule has 7 heteroatoms. The number of esters is 2. The minimum atomic E-state index is -0.928. The van der Waals surface area contributed by atoms with Crippen molar-refractivity contribution in [3.63, 3.8) is 0 Å². The van der Waals surface area contributed by atoms with Crippen molar-refractivity contribution in [1.82, 2.24) is 4.90 Å². The van der Waals surface area contributed by atoms with Crippen LogP contribution in [0.15, 0.2) is 12.7 Å². The van der Waals surface area contributed by atoms with Crippen LogP contribution in [0.1, 0.15) is 20.3 Å². The lowest BCUT2D eigenvalue weighted by Gasteiger charge is -2.17. The molecule has 0 aliphatic carbocycles. The van der Waals surface area contributed by atoms with Gasteiger partial charge in [0.05, 0.1) is 19.6 Å². The maximum absolute atomic E-state index is 11.4. The van der Waals surface area contributed by atoms with Gasteiger partial charge in [-0.15, -0.1) is 0 Å². The molecule has 0 aromatic rings. The highest BCUT2D eigenvalue weighted by molar-refractivity contribution is 5.81. The fraction of sp³-hybridized carbons (Fsp3) is 0.733. The second kappa shape index (κ2) is 13.2. The molecule has 1 atom stereocenters. The van der Waals surface area contributed by atoms with Crippen LogP contribution in [-0.2, 0) is 23.8 Å². The molecule has 22 heavy (non-hydrogen) atoms. The first-order valence-electron chi connectivity index (χ1n) is 7.46. The summed E-state index contributed by atoms with van der Waals surface area (Å²) in [5, 5.41) is 9.46. The first-order valence-corrected chi connectivity index (χ1v) is 7.46. The molecular weight excluding hydrogens is 290 g/mol. The van der Waals surface area contributed by atoms with Crippen molar-refractivity contribution in [2.45, 2.75) is 26.4 Å². The molecule has 1 N–H and O–H groups in total. The van der Waals surface area contributed by atoms with Gasteiger partial charge in [-0.1, -0.05) is 20.4 Å². The van der Waals surface area contributed by atoms with Crippen molar-refractivity contribution in [2.24, 2.45) is 0 Å². The monoisotopic (exact) mass is 317 g/mol. The first-order chi connectivity index (χ1) is 10.5. The third kappa shape index (κ3) is 11.2. The minimum absolute atomic E-state index is 0.0167. The van der Waals surface area contributed by atoms with E-state index in [1.165, 1.54) is 0 Å². The standard InChI is InChI=1S/C15H27NO6/c1-4-14(18)22-12-13(17)11-20-9-7-15(19)21-10-8-16(5-2)6-3/h4,13,17H,1,5-12H2,2-3H3. The first kappa shape index (κ1) is 20.6. The third-order valence-corrected chi connectivity index (χ3v) is 2.91. The number of hydrogen-bond acceptors (Lipinski definition) is 7. The van der Waals surface area contributed by atoms with E-state index in [4.69, 9.17) is 9.47 Å². The van der Waals surface area contributed by atoms with Crippen molar-refractivity contribution in [1.29, 1.82) is 0 Å². The molecule has 0 aliphatic rings. The van der Waals surface area contributed by atoms with Gasteiger partial charge in [0.1, 0.15) is 19.3 Å². The van der Waals surface area contributed by atoms with Gasteiger partial charge < -0.3 is 24.2 Å². The molecule has 0 aliphatic heterocycles. The highest BCUT2D eigenvalue weighted by Crippen LogP contribution is 1.94. The smallest absolute Gasteiger partial charge is 0.330 e. The van der Waals surface area contributed by atoms with Gasteiger partial charge in [-0.05, 0) is 13.1 Å². The summed E-state index contributed by atoms with van der Waals surface area (Å²) in [5.41, 5.74) is 0. The van der Waals surface area contributed by atoms with Gasteiger partial charge in [0.2, 0.25) is 0 Å². The Morgan fingerprint density at radius 1 is 1.18 bits per heavy atom. The molecular formula is C15H27NO6. The van der Waals surface area contributed by atoms with Crippen LogP contribution in [0.2, 0.25) is 0 Å². The van der Waals surface area contributed by atoms with Gasteiger partial charge in [0, 0.05) is 12.6 Å². The van der Waals surface area contributed by atoms with Gasteiger partial charge >= 0.3 is 11.9 Å². The van der Waals surface area contributed by atoms with E-state index in [1.54, 1.807) is 0 Å². The summed E-state index contributed by atoms with van der Waals surface area (Å²) < 4.78 is 14.8. The lowest BCUT2D eigenvalue weighted by Crippen LogP contribution is -2.28. The molecule has 0 saturated carbocycles. The van der Waals surface area contributed by atoms with E-state index in [1.807, 2.05) is 0 Å². The van der Waals surface area contributed by atoms with Gasteiger partial charge in [0.25, 0.3) is 0 Å². The van der Waals surface area contributed by atoms with Gasteiger partial charge in [-0.25, -0.2) is 4.79 Å². The Labute approximate surface area is 131 Å². The largest absolute Gasteiger partial charge is 0.464 e. The Bertz CT molecular complexity index is 330. The van der Waals surface area contributed by atoms with Crippen molar-refractivity contribution < 1.29 is 28.9 Å². The van der Waals surface area contributed by atoms with Crippen molar-refractivity contribution in [3.05, 3.63) is 12.7 Å². The average Bonchev–Trinajstić information content (AvgIpc) is 2.53. The Hall–Kier alpha value is -1.44. The number of aliphatic hydroxyl groups is 1. The SMILES string of the molecule is C=CC(=O)OCC(O)COCCC(=O)OCCN(CC)CC. The molecule has 0 saturated heterocycles. The normalized spacial score (nSPS) is 12.0. The molecule has 1 unspecified atom stereocenters. The highest BCUT2D eigenvalue weighted by atomic mass is 16.6. The van der Waals surface area contributed by atoms with E-state index in [0.29, 0.717) is 13.2 Å². The molecule has 0 aromatic carbocycles. The van der Waals surface area contributed by atoms with Crippen LogP contribution in [0.4, 0.5) is 0 Å². The molecule has 0 aromatic heterocycles. The molecule has 0 spiro atoms. The minimum Gasteiger partial charge on any atom is -0.464 e. The Kier molecular flexibility index (Phi) is 12.4. The number of hydrogen-bond donors (Lipinski definition) is 1. The van der Waals surface area contributed by atoms with E-state index >= 15 is 0 Å². The summed E-state index contributed by atoms with van der Waals surface area (Å²) in [7, 11) is 0. The maximum Gasteiger partial charge on any atom is 0.330 e. The lowest BCUT2D eigenvalue weighted by molar-refractivity contribution is -0.145. The second-order valence-corrected chi connectivity index (χ2v) is 4.56. The van der Waals surface area contributed by atoms with Crippen LogP contribution in [0.5, 0.6) is 0 Å². The molecule has 0 fully saturated rings. The lowest BCUT2D eigenvalue weighted by atomic mass is 10.4. The highest BCUT2D eigenvalue weighted by Gasteiger charge is 2.09. The van der Waals surface area contributed by atoms with Crippen LogP contribution in [-0.4, -0.2) is 74.1 Å². The van der Waals surface area contributed by atoms with Gasteiger partial charge in [-0.2, -0.15) is 0 Å². The summed E-state index contributed by atoms with van der Waals surface area (Å²) in [5.74, 6) is -0.935. The quantitative estimate of drug-likeness (QED) is 0.298. The summed E-state index contributed by atoms with van der Waals surface area (Å²) in [4.78, 5) is 24.4. The molecule has 0 bridgehead atoms. The predicted octanol–water partition coefficient (Wildman–Crippen LogP) is 0.368. The van der Waals surface area contributed by atoms with E-state index in [2.05, 4.69) is 30.1 Å². The zero-order valence-corrected chi connectivity index (χ0v) is 13.5. The van der Waals surface area contributed by atoms with Crippen LogP contribution in [0, 0.1) is 0 Å². The molecule has 0 amide bonds. The van der Waals surface area contributed by atoms with Crippen LogP contribution in [0.25, 0.3) is 0 Å². The van der Waals surface area contributed by atoms with Crippen LogP contribution < -0.4 is 0 Å². The number of ether oxygens (including phenoxy) is 3. The van der Waals surface area contributed by atoms with E-state index < -0.39 is 12.1 Å². The Morgan fingerprint density at radius 3 is 2.45 bits per heavy atom. The van der Waals surface area contributed by atoms with Gasteiger partial charge in [-0.3, -0.25) is 4.79 Å². The van der Waals surface area contributed by atoms with Crippen LogP contribution >= 0.6 is 0 Å². The number of aliphatic hydroxyl groups excluding tert-OH is 1. The summed E-state index contributed by atoms with van der Waals surface area (Å²) >= 11 is 0. The number of nitrogens with zero attached hydrogens (tertiary/aromatic N) is 1. The summed E-state index contributed by atoms with van der Waals surface area (Å²) in [6, 6.07) is 0. The number of carbonyl (C=O) groups excluding carboxylic acids is 2. The maximum atomic E-state index is 11.4. The molecule has 0 radical (unpaired) electrons. The number of rotatable bonds is 13. The fourth-order valence-electron chi connectivity index (χ4n) is 1.56. The zero-order chi connectivity index (χ0) is 16.8. The van der Waals surface area contributed by atoms with Crippen molar-refractivity contribution >= 4 is 11.9 Å². The Morgan fingerprint density at radius 2 is 1.86 bits per heavy atom. The van der Waals surface area contributed by atoms with Crippen LogP contribution in [0.3, 0.4) is 0 Å². The zero-order valence-electron chi connectivity index (χ0n) is 13.5. The molecule has 128 valence electrons. The molecule has 0 rings (SSSR count). The van der Waals surface area contributed by atoms with Crippen molar-refractivity contribution in [3.8, 4) is 0 Å². The van der Waals surface area contributed by atoms with Crippen molar-refractivity contribution in [2.75, 3.05) is 46.1 Å². The van der Waals surface area contributed by atoms with E-state index in [9.17, 15) is 14.7 Å². The van der Waals surface area contributed by atoms with Gasteiger partial charge in [0.15, 0.2) is 0 Å². The second-order valence-electron chi connectivity index (χ2n) is 4.56. The predicted molar refractivity (Wildman–Crippen MR) is 81.3 cm³/mol. The number of likely N-dealkylation sites (N-methyl/N-ethyl adjacent to an activating group) is 1. The number of carbonyl (C=O) groups is 2. The molecule has 0 heterocycles. The fourth-order valence-corrected chi connectivity index (χ4v) is 1.56. The average molecular weight is 317 g/mol. The van der Waals surface area contributed by atoms with E-state index in [0.717, 1.165) is 19.2 Å². The van der Waals surface area contributed by atoms with E-state index in [-0.39, 0.29) is 32.2 Å². The summed E-state index contributed by atoms with van der Waals surface area (Å²) in [6.07, 6.45) is 0.210. The third-order valence-electron chi connectivity index (χ3n) is 2.91. The summed E-state index contributed by atoms with van der Waals surface area (Å²) in [6.45, 7) is 10.2. The topological polar surface area (TPSA) is 85.3 Å². The molecule has 7 nitrogen and oxygen atoms in total. The Balaban J connectivity index is 3.55.